The van der Waals surface area contributed by atoms with Gasteiger partial charge in [0.25, 0.3) is 0 Å². The van der Waals surface area contributed by atoms with Crippen LogP contribution in [0.2, 0.25) is 0 Å². The molecule has 1 saturated heterocycles. The van der Waals surface area contributed by atoms with Crippen LogP contribution in [-0.2, 0) is 9.53 Å². The van der Waals surface area contributed by atoms with Crippen molar-refractivity contribution >= 4 is 12.1 Å². The highest BCUT2D eigenvalue weighted by Crippen LogP contribution is 2.45. The number of aliphatic carboxylic acids is 1. The molecule has 164 valence electrons. The predicted molar refractivity (Wildman–Crippen MR) is 119 cm³/mol. The van der Waals surface area contributed by atoms with E-state index in [4.69, 9.17) is 4.74 Å². The van der Waals surface area contributed by atoms with Gasteiger partial charge in [0.15, 0.2) is 0 Å². The number of alkyl carbamates (subject to hydrolysis) is 1. The predicted octanol–water partition coefficient (Wildman–Crippen LogP) is 3.85. The first-order chi connectivity index (χ1) is 14.8. The number of quaternary nitrogens is 1. The zero-order chi connectivity index (χ0) is 22.2. The fraction of sp³-hybridized carbons (Fsp3) is 0.440. The summed E-state index contributed by atoms with van der Waals surface area (Å²) in [4.78, 5) is 24.8. The van der Waals surface area contributed by atoms with Crippen molar-refractivity contribution in [1.29, 1.82) is 0 Å². The number of likely N-dealkylation sites (tertiary alicyclic amines) is 1. The largest absolute Gasteiger partial charge is 0.480 e. The Labute approximate surface area is 183 Å². The van der Waals surface area contributed by atoms with Crippen LogP contribution in [0.3, 0.4) is 0 Å². The Bertz CT molecular complexity index is 947. The van der Waals surface area contributed by atoms with Gasteiger partial charge in [-0.25, -0.2) is 9.59 Å². The summed E-state index contributed by atoms with van der Waals surface area (Å²) in [7, 11) is 4.17. The maximum absolute atomic E-state index is 12.7. The van der Waals surface area contributed by atoms with Gasteiger partial charge in [-0.3, -0.25) is 0 Å². The number of carboxylic acid groups (broad SMARTS) is 1. The Hall–Kier alpha value is -2.86. The van der Waals surface area contributed by atoms with Gasteiger partial charge in [0.1, 0.15) is 12.6 Å². The molecule has 0 radical (unpaired) electrons. The Morgan fingerprint density at radius 1 is 1.10 bits per heavy atom. The van der Waals surface area contributed by atoms with Crippen LogP contribution in [-0.4, -0.2) is 61.5 Å². The minimum atomic E-state index is -0.998. The molecule has 2 aliphatic rings. The normalized spacial score (nSPS) is 18.9. The van der Waals surface area contributed by atoms with Crippen molar-refractivity contribution in [3.63, 3.8) is 0 Å². The Morgan fingerprint density at radius 3 is 2.13 bits per heavy atom. The van der Waals surface area contributed by atoms with Crippen LogP contribution >= 0.6 is 0 Å². The number of carbonyl (C=O) groups excluding carboxylic acids is 1. The summed E-state index contributed by atoms with van der Waals surface area (Å²) in [6.07, 6.45) is 0.966. The molecule has 2 aromatic carbocycles. The van der Waals surface area contributed by atoms with Gasteiger partial charge in [0.05, 0.1) is 32.6 Å². The summed E-state index contributed by atoms with van der Waals surface area (Å²) >= 11 is 0. The maximum Gasteiger partial charge on any atom is 0.407 e. The third-order valence-corrected chi connectivity index (χ3v) is 6.70. The molecule has 4 rings (SSSR count). The number of carbonyl (C=O) groups is 2. The Balaban J connectivity index is 1.47. The monoisotopic (exact) mass is 423 g/mol. The first kappa shape index (κ1) is 21.4. The van der Waals surface area contributed by atoms with Gasteiger partial charge < -0.3 is 19.6 Å². The molecule has 0 bridgehead atoms. The van der Waals surface area contributed by atoms with Crippen molar-refractivity contribution in [2.24, 2.45) is 5.41 Å². The van der Waals surface area contributed by atoms with Crippen molar-refractivity contribution < 1.29 is 23.9 Å². The fourth-order valence-electron chi connectivity index (χ4n) is 5.88. The number of nitrogens with one attached hydrogen (secondary N) is 1. The Kier molecular flexibility index (Phi) is 5.52. The second-order valence-electron chi connectivity index (χ2n) is 9.61. The topological polar surface area (TPSA) is 75.6 Å². The average Bonchev–Trinajstić information content (AvgIpc) is 3.03. The van der Waals surface area contributed by atoms with Gasteiger partial charge in [-0.15, -0.1) is 0 Å². The molecule has 0 spiro atoms. The van der Waals surface area contributed by atoms with E-state index >= 15 is 0 Å². The zero-order valence-electron chi connectivity index (χ0n) is 18.4. The quantitative estimate of drug-likeness (QED) is 0.663. The molecule has 0 saturated carbocycles. The van der Waals surface area contributed by atoms with E-state index in [0.29, 0.717) is 0 Å². The van der Waals surface area contributed by atoms with Crippen molar-refractivity contribution in [1.82, 2.24) is 5.32 Å². The number of fused-ring (bicyclic) bond motifs is 3. The second-order valence-corrected chi connectivity index (χ2v) is 9.61. The van der Waals surface area contributed by atoms with Gasteiger partial charge in [-0.05, 0) is 28.7 Å². The van der Waals surface area contributed by atoms with Crippen LogP contribution in [0, 0.1) is 5.41 Å². The smallest absolute Gasteiger partial charge is 0.407 e. The molecular weight excluding hydrogens is 392 g/mol. The molecule has 1 atom stereocenters. The Morgan fingerprint density at radius 2 is 1.65 bits per heavy atom. The molecule has 1 aliphatic carbocycles. The third-order valence-electron chi connectivity index (χ3n) is 6.70. The molecule has 6 nitrogen and oxygen atoms in total. The van der Waals surface area contributed by atoms with Crippen LogP contribution in [0.15, 0.2) is 48.5 Å². The van der Waals surface area contributed by atoms with E-state index in [9.17, 15) is 14.7 Å². The molecule has 2 aromatic rings. The number of benzene rings is 2. The van der Waals surface area contributed by atoms with Gasteiger partial charge in [0.2, 0.25) is 0 Å². The molecule has 0 unspecified atom stereocenters. The molecular formula is C25H31N2O4+. The van der Waals surface area contributed by atoms with E-state index in [-0.39, 0.29) is 12.5 Å². The molecule has 1 aliphatic heterocycles. The van der Waals surface area contributed by atoms with E-state index in [2.05, 4.69) is 43.7 Å². The van der Waals surface area contributed by atoms with Crippen LogP contribution in [0.1, 0.15) is 36.8 Å². The van der Waals surface area contributed by atoms with Gasteiger partial charge in [-0.2, -0.15) is 0 Å². The third kappa shape index (κ3) is 3.92. The lowest BCUT2D eigenvalue weighted by Crippen LogP contribution is -2.73. The highest BCUT2D eigenvalue weighted by Gasteiger charge is 2.58. The maximum atomic E-state index is 12.7. The minimum absolute atomic E-state index is 0.0506. The summed E-state index contributed by atoms with van der Waals surface area (Å²) in [5, 5.41) is 12.6. The lowest BCUT2D eigenvalue weighted by Gasteiger charge is -2.55. The summed E-state index contributed by atoms with van der Waals surface area (Å²) in [5.74, 6) is -1.05. The number of hydrogen-bond acceptors (Lipinski definition) is 3. The summed E-state index contributed by atoms with van der Waals surface area (Å²) in [6.45, 7) is 3.67. The summed E-state index contributed by atoms with van der Waals surface area (Å²) < 4.78 is 6.36. The summed E-state index contributed by atoms with van der Waals surface area (Å²) in [5.41, 5.74) is 4.15. The number of ether oxygens (including phenoxy) is 1. The highest BCUT2D eigenvalue weighted by atomic mass is 16.5. The summed E-state index contributed by atoms with van der Waals surface area (Å²) in [6, 6.07) is 15.3. The SMILES string of the molecule is CCCC1([C@@H](NC(=O)OCC2c3ccccc3-c3ccccc32)C(=O)O)C[N+](C)(C)C1. The number of carboxylic acids is 1. The van der Waals surface area contributed by atoms with E-state index in [1.807, 2.05) is 31.2 Å². The molecule has 2 N–H and O–H groups in total. The van der Waals surface area contributed by atoms with Crippen LogP contribution < -0.4 is 5.32 Å². The lowest BCUT2D eigenvalue weighted by atomic mass is 9.69. The fourth-order valence-corrected chi connectivity index (χ4v) is 5.88. The van der Waals surface area contributed by atoms with Crippen LogP contribution in [0.25, 0.3) is 11.1 Å². The molecule has 1 fully saturated rings. The van der Waals surface area contributed by atoms with E-state index in [0.717, 1.165) is 52.7 Å². The molecule has 31 heavy (non-hydrogen) atoms. The van der Waals surface area contributed by atoms with Crippen LogP contribution in [0.5, 0.6) is 0 Å². The van der Waals surface area contributed by atoms with Crippen molar-refractivity contribution in [2.45, 2.75) is 31.7 Å². The molecule has 1 heterocycles. The number of nitrogens with zero attached hydrogens (tertiary/aromatic N) is 1. The average molecular weight is 424 g/mol. The molecule has 1 amide bonds. The first-order valence-corrected chi connectivity index (χ1v) is 10.9. The van der Waals surface area contributed by atoms with Crippen LogP contribution in [0.4, 0.5) is 4.79 Å². The van der Waals surface area contributed by atoms with Gasteiger partial charge >= 0.3 is 12.1 Å². The lowest BCUT2D eigenvalue weighted by molar-refractivity contribution is -0.950. The molecule has 0 aromatic heterocycles. The van der Waals surface area contributed by atoms with E-state index < -0.39 is 23.5 Å². The number of rotatable bonds is 7. The van der Waals surface area contributed by atoms with Gasteiger partial charge in [-0.1, -0.05) is 61.9 Å². The highest BCUT2D eigenvalue weighted by molar-refractivity contribution is 5.82. The van der Waals surface area contributed by atoms with Crippen molar-refractivity contribution in [3.8, 4) is 11.1 Å². The minimum Gasteiger partial charge on any atom is -0.480 e. The standard InChI is InChI=1S/C25H30N2O4/c1-4-13-25(15-27(2,3)16-25)22(23(28)29)26-24(30)31-14-21-19-11-7-5-9-17(19)18-10-6-8-12-20(18)21/h5-12,21-22H,4,13-16H2,1-3H3,(H-,26,28,29,30)/p+1/t22-/m0/s1. The second kappa shape index (κ2) is 8.00. The van der Waals surface area contributed by atoms with Gasteiger partial charge in [0, 0.05) is 5.92 Å². The van der Waals surface area contributed by atoms with E-state index in [1.54, 1.807) is 0 Å². The van der Waals surface area contributed by atoms with E-state index in [1.165, 1.54) is 0 Å². The van der Waals surface area contributed by atoms with Crippen molar-refractivity contribution in [3.05, 3.63) is 59.7 Å². The number of amides is 1. The first-order valence-electron chi connectivity index (χ1n) is 10.9. The molecule has 6 heteroatoms. The van der Waals surface area contributed by atoms with Crippen molar-refractivity contribution in [2.75, 3.05) is 33.8 Å². The zero-order valence-corrected chi connectivity index (χ0v) is 18.4. The number of hydrogen-bond donors (Lipinski definition) is 2.